The fraction of sp³-hybridized carbons (Fsp3) is 0.909. The summed E-state index contributed by atoms with van der Waals surface area (Å²) in [5, 5.41) is -0.591. The summed E-state index contributed by atoms with van der Waals surface area (Å²) in [6, 6.07) is 0. The van der Waals surface area contributed by atoms with Gasteiger partial charge in [-0.15, -0.1) is 0 Å². The van der Waals surface area contributed by atoms with Crippen LogP contribution in [0.25, 0.3) is 0 Å². The number of ether oxygens (including phenoxy) is 1. The molecule has 1 fully saturated rings. The number of piperidine rings is 1. The summed E-state index contributed by atoms with van der Waals surface area (Å²) in [4.78, 5) is 13.1. The summed E-state index contributed by atoms with van der Waals surface area (Å²) in [5.41, 5.74) is -4.87. The van der Waals surface area contributed by atoms with Gasteiger partial charge in [0.1, 0.15) is 5.60 Å². The third-order valence-electron chi connectivity index (χ3n) is 2.33. The van der Waals surface area contributed by atoms with Crippen molar-refractivity contribution in [1.29, 1.82) is 0 Å². The normalized spacial score (nSPS) is 21.9. The quantitative estimate of drug-likeness (QED) is 0.736. The summed E-state index contributed by atoms with van der Waals surface area (Å²) in [5.74, 6) is 0. The van der Waals surface area contributed by atoms with Crippen molar-refractivity contribution in [1.82, 2.24) is 4.90 Å². The van der Waals surface area contributed by atoms with Crippen LogP contribution in [0.5, 0.6) is 0 Å². The molecule has 0 N–H and O–H groups in total. The molecular weight excluding hydrogens is 267 g/mol. The van der Waals surface area contributed by atoms with E-state index < -0.39 is 22.5 Å². The van der Waals surface area contributed by atoms with E-state index in [1.807, 2.05) is 0 Å². The first-order valence-electron chi connectivity index (χ1n) is 5.79. The summed E-state index contributed by atoms with van der Waals surface area (Å²) in [7, 11) is 0. The molecule has 1 rings (SSSR count). The van der Waals surface area contributed by atoms with Crippen molar-refractivity contribution in [3.8, 4) is 0 Å². The van der Waals surface area contributed by atoms with Crippen molar-refractivity contribution in [3.05, 3.63) is 0 Å². The van der Waals surface area contributed by atoms with E-state index in [1.165, 1.54) is 4.90 Å². The highest BCUT2D eigenvalue weighted by Gasteiger charge is 2.36. The summed E-state index contributed by atoms with van der Waals surface area (Å²) < 4.78 is 42.0. The van der Waals surface area contributed by atoms with Crippen molar-refractivity contribution in [3.63, 3.8) is 0 Å². The van der Waals surface area contributed by atoms with Crippen molar-refractivity contribution in [2.45, 2.75) is 50.0 Å². The molecule has 3 nitrogen and oxygen atoms in total. The number of amides is 1. The van der Waals surface area contributed by atoms with Gasteiger partial charge in [-0.25, -0.2) is 4.79 Å². The molecule has 7 heteroatoms. The predicted molar refractivity (Wildman–Crippen MR) is 64.5 cm³/mol. The van der Waals surface area contributed by atoms with Crippen LogP contribution in [0, 0.1) is 0 Å². The van der Waals surface area contributed by atoms with Gasteiger partial charge >= 0.3 is 11.6 Å². The van der Waals surface area contributed by atoms with E-state index in [-0.39, 0.29) is 18.3 Å². The van der Waals surface area contributed by atoms with Crippen LogP contribution in [0.1, 0.15) is 33.6 Å². The number of rotatable bonds is 1. The molecule has 0 bridgehead atoms. The molecule has 1 unspecified atom stereocenters. The predicted octanol–water partition coefficient (Wildman–Crippen LogP) is 3.64. The van der Waals surface area contributed by atoms with E-state index in [0.29, 0.717) is 19.4 Å². The maximum Gasteiger partial charge on any atom is 0.442 e. The number of halogens is 3. The fourth-order valence-corrected chi connectivity index (χ4v) is 2.63. The second kappa shape index (κ2) is 5.59. The highest BCUT2D eigenvalue weighted by Crippen LogP contribution is 2.37. The minimum absolute atomic E-state index is 0.0326. The SMILES string of the molecule is CC(C)(C)OC(=O)N1CCCC(SC(F)(F)F)C1. The van der Waals surface area contributed by atoms with Gasteiger partial charge in [0.05, 0.1) is 0 Å². The van der Waals surface area contributed by atoms with Crippen LogP contribution >= 0.6 is 11.8 Å². The third kappa shape index (κ3) is 5.84. The van der Waals surface area contributed by atoms with E-state index >= 15 is 0 Å². The zero-order chi connectivity index (χ0) is 14.0. The van der Waals surface area contributed by atoms with Crippen molar-refractivity contribution in [2.75, 3.05) is 13.1 Å². The molecule has 0 saturated carbocycles. The lowest BCUT2D eigenvalue weighted by molar-refractivity contribution is -0.0341. The summed E-state index contributed by atoms with van der Waals surface area (Å²) in [6.45, 7) is 5.76. The number of hydrogen-bond donors (Lipinski definition) is 0. The summed E-state index contributed by atoms with van der Waals surface area (Å²) >= 11 is -0.0326. The molecular formula is C11H18F3NO2S. The lowest BCUT2D eigenvalue weighted by Gasteiger charge is -2.33. The Bertz CT molecular complexity index is 302. The van der Waals surface area contributed by atoms with Gasteiger partial charge in [0.15, 0.2) is 0 Å². The molecule has 0 radical (unpaired) electrons. The molecule has 106 valence electrons. The minimum atomic E-state index is -4.25. The first-order chi connectivity index (χ1) is 8.07. The largest absolute Gasteiger partial charge is 0.444 e. The molecule has 0 spiro atoms. The van der Waals surface area contributed by atoms with Gasteiger partial charge in [0.2, 0.25) is 0 Å². The minimum Gasteiger partial charge on any atom is -0.444 e. The lowest BCUT2D eigenvalue weighted by atomic mass is 10.1. The van der Waals surface area contributed by atoms with Crippen LogP contribution in [0.3, 0.4) is 0 Å². The van der Waals surface area contributed by atoms with Crippen LogP contribution in [0.4, 0.5) is 18.0 Å². The topological polar surface area (TPSA) is 29.5 Å². The number of likely N-dealkylation sites (tertiary alicyclic amines) is 1. The van der Waals surface area contributed by atoms with Gasteiger partial charge in [0, 0.05) is 18.3 Å². The molecule has 1 saturated heterocycles. The molecule has 1 heterocycles. The molecule has 0 aromatic heterocycles. The Hall–Kier alpha value is -0.590. The second-order valence-electron chi connectivity index (χ2n) is 5.25. The number of nitrogens with zero attached hydrogens (tertiary/aromatic N) is 1. The van der Waals surface area contributed by atoms with Crippen LogP contribution < -0.4 is 0 Å². The number of thioether (sulfide) groups is 1. The maximum atomic E-state index is 12.3. The van der Waals surface area contributed by atoms with Gasteiger partial charge < -0.3 is 9.64 Å². The Balaban J connectivity index is 2.51. The van der Waals surface area contributed by atoms with Gasteiger partial charge in [0.25, 0.3) is 0 Å². The number of hydrogen-bond acceptors (Lipinski definition) is 3. The highest BCUT2D eigenvalue weighted by molar-refractivity contribution is 8.00. The first kappa shape index (κ1) is 15.5. The molecule has 1 amide bonds. The van der Waals surface area contributed by atoms with Gasteiger partial charge in [-0.3, -0.25) is 0 Å². The molecule has 0 aromatic carbocycles. The van der Waals surface area contributed by atoms with Gasteiger partial charge in [-0.05, 0) is 45.4 Å². The molecule has 1 aliphatic rings. The lowest BCUT2D eigenvalue weighted by Crippen LogP contribution is -2.44. The van der Waals surface area contributed by atoms with Crippen LogP contribution in [-0.2, 0) is 4.74 Å². The summed E-state index contributed by atoms with van der Waals surface area (Å²) in [6.07, 6.45) is 0.520. The van der Waals surface area contributed by atoms with E-state index in [4.69, 9.17) is 4.74 Å². The van der Waals surface area contributed by atoms with E-state index in [1.54, 1.807) is 20.8 Å². The zero-order valence-corrected chi connectivity index (χ0v) is 11.5. The smallest absolute Gasteiger partial charge is 0.442 e. The van der Waals surface area contributed by atoms with Crippen molar-refractivity contribution in [2.24, 2.45) is 0 Å². The Labute approximate surface area is 109 Å². The van der Waals surface area contributed by atoms with Crippen LogP contribution in [-0.4, -0.2) is 40.4 Å². The van der Waals surface area contributed by atoms with Crippen LogP contribution in [0.15, 0.2) is 0 Å². The van der Waals surface area contributed by atoms with E-state index in [9.17, 15) is 18.0 Å². The van der Waals surface area contributed by atoms with Crippen molar-refractivity contribution >= 4 is 17.9 Å². The number of alkyl halides is 3. The van der Waals surface area contributed by atoms with Gasteiger partial charge in [-0.1, -0.05) is 0 Å². The molecule has 0 aromatic rings. The molecule has 0 aliphatic carbocycles. The fourth-order valence-electron chi connectivity index (χ4n) is 1.72. The Morgan fingerprint density at radius 3 is 2.44 bits per heavy atom. The first-order valence-corrected chi connectivity index (χ1v) is 6.67. The molecule has 1 atom stereocenters. The van der Waals surface area contributed by atoms with E-state index in [0.717, 1.165) is 0 Å². The van der Waals surface area contributed by atoms with E-state index in [2.05, 4.69) is 0 Å². The average Bonchev–Trinajstić information content (AvgIpc) is 2.12. The molecule has 18 heavy (non-hydrogen) atoms. The third-order valence-corrected chi connectivity index (χ3v) is 3.32. The standard InChI is InChI=1S/C11H18F3NO2S/c1-10(2,3)17-9(16)15-6-4-5-8(7-15)18-11(12,13)14/h8H,4-7H2,1-3H3. The Morgan fingerprint density at radius 2 is 1.94 bits per heavy atom. The zero-order valence-electron chi connectivity index (χ0n) is 10.7. The average molecular weight is 285 g/mol. The molecule has 1 aliphatic heterocycles. The number of carbonyl (C=O) groups is 1. The van der Waals surface area contributed by atoms with Crippen molar-refractivity contribution < 1.29 is 22.7 Å². The maximum absolute atomic E-state index is 12.3. The Morgan fingerprint density at radius 1 is 1.33 bits per heavy atom. The van der Waals surface area contributed by atoms with Gasteiger partial charge in [-0.2, -0.15) is 13.2 Å². The number of carbonyl (C=O) groups excluding carboxylic acids is 1. The Kier molecular flexibility index (Phi) is 4.80. The second-order valence-corrected chi connectivity index (χ2v) is 6.62. The highest BCUT2D eigenvalue weighted by atomic mass is 32.2. The monoisotopic (exact) mass is 285 g/mol. The van der Waals surface area contributed by atoms with Crippen LogP contribution in [0.2, 0.25) is 0 Å².